The lowest BCUT2D eigenvalue weighted by atomic mass is 10.0. The van der Waals surface area contributed by atoms with E-state index in [9.17, 15) is 0 Å². The number of aromatic nitrogens is 2. The van der Waals surface area contributed by atoms with Crippen molar-refractivity contribution >= 4 is 27.5 Å². The van der Waals surface area contributed by atoms with Gasteiger partial charge in [0.15, 0.2) is 0 Å². The molecule has 3 N–H and O–H groups in total. The van der Waals surface area contributed by atoms with Gasteiger partial charge in [-0.3, -0.25) is 10.5 Å². The molecule has 1 aromatic carbocycles. The first-order valence-electron chi connectivity index (χ1n) is 5.44. The van der Waals surface area contributed by atoms with Crippen molar-refractivity contribution in [3.63, 3.8) is 0 Å². The molecule has 0 aliphatic rings. The van der Waals surface area contributed by atoms with Crippen LogP contribution in [0.15, 0.2) is 28.9 Å². The first-order valence-corrected chi connectivity index (χ1v) is 6.61. The summed E-state index contributed by atoms with van der Waals surface area (Å²) < 4.78 is 2.70. The molecule has 0 fully saturated rings. The number of hydrazine groups is 1. The molecule has 96 valence electrons. The summed E-state index contributed by atoms with van der Waals surface area (Å²) in [5.74, 6) is 5.68. The maximum atomic E-state index is 6.17. The van der Waals surface area contributed by atoms with E-state index in [1.54, 1.807) is 10.9 Å². The Kier molecular flexibility index (Phi) is 4.07. The summed E-state index contributed by atoms with van der Waals surface area (Å²) in [4.78, 5) is 0. The average Bonchev–Trinajstić information content (AvgIpc) is 2.66. The van der Waals surface area contributed by atoms with Gasteiger partial charge in [-0.15, -0.1) is 0 Å². The van der Waals surface area contributed by atoms with Crippen LogP contribution in [0.1, 0.15) is 22.9 Å². The zero-order chi connectivity index (χ0) is 13.3. The van der Waals surface area contributed by atoms with Gasteiger partial charge in [-0.25, -0.2) is 5.43 Å². The number of hydrogen-bond donors (Lipinski definition) is 2. The topological polar surface area (TPSA) is 55.9 Å². The van der Waals surface area contributed by atoms with Gasteiger partial charge in [0.1, 0.15) is 0 Å². The lowest BCUT2D eigenvalue weighted by molar-refractivity contribution is 0.573. The predicted octanol–water partition coefficient (Wildman–Crippen LogP) is 2.70. The summed E-state index contributed by atoms with van der Waals surface area (Å²) in [6.45, 7) is 2.04. The zero-order valence-electron chi connectivity index (χ0n) is 10.1. The second kappa shape index (κ2) is 5.40. The third-order valence-corrected chi connectivity index (χ3v) is 3.85. The Morgan fingerprint density at radius 2 is 2.22 bits per heavy atom. The number of nitrogens with one attached hydrogen (secondary N) is 1. The molecular weight excluding hydrogens is 316 g/mol. The first-order chi connectivity index (χ1) is 8.54. The third kappa shape index (κ3) is 2.44. The van der Waals surface area contributed by atoms with Crippen molar-refractivity contribution in [2.75, 3.05) is 0 Å². The minimum Gasteiger partial charge on any atom is -0.271 e. The quantitative estimate of drug-likeness (QED) is 0.672. The highest BCUT2D eigenvalue weighted by Crippen LogP contribution is 2.32. The van der Waals surface area contributed by atoms with Crippen molar-refractivity contribution in [2.45, 2.75) is 13.0 Å². The highest BCUT2D eigenvalue weighted by Gasteiger charge is 2.21. The molecule has 0 bridgehead atoms. The maximum absolute atomic E-state index is 6.17. The monoisotopic (exact) mass is 328 g/mol. The molecule has 1 atom stereocenters. The molecule has 0 amide bonds. The van der Waals surface area contributed by atoms with E-state index in [-0.39, 0.29) is 6.04 Å². The fourth-order valence-electron chi connectivity index (χ4n) is 1.95. The minimum atomic E-state index is -0.209. The van der Waals surface area contributed by atoms with E-state index in [0.29, 0.717) is 5.02 Å². The Balaban J connectivity index is 2.55. The Labute approximate surface area is 119 Å². The van der Waals surface area contributed by atoms with Crippen LogP contribution in [0.4, 0.5) is 0 Å². The third-order valence-electron chi connectivity index (χ3n) is 2.84. The number of halogens is 2. The predicted molar refractivity (Wildman–Crippen MR) is 76.3 cm³/mol. The van der Waals surface area contributed by atoms with Crippen LogP contribution in [0.3, 0.4) is 0 Å². The van der Waals surface area contributed by atoms with E-state index >= 15 is 0 Å². The molecule has 6 heteroatoms. The summed E-state index contributed by atoms with van der Waals surface area (Å²) in [6, 6.07) is 5.89. The van der Waals surface area contributed by atoms with E-state index < -0.39 is 0 Å². The molecule has 1 unspecified atom stereocenters. The minimum absolute atomic E-state index is 0.209. The molecule has 0 spiro atoms. The molecule has 0 saturated carbocycles. The molecular formula is C12H14BrClN4. The van der Waals surface area contributed by atoms with Crippen LogP contribution < -0.4 is 11.3 Å². The number of rotatable bonds is 3. The van der Waals surface area contributed by atoms with Crippen LogP contribution >= 0.6 is 27.5 Å². The molecule has 0 saturated heterocycles. The highest BCUT2D eigenvalue weighted by atomic mass is 79.9. The lowest BCUT2D eigenvalue weighted by Crippen LogP contribution is -2.31. The summed E-state index contributed by atoms with van der Waals surface area (Å²) >= 11 is 9.70. The van der Waals surface area contributed by atoms with Crippen LogP contribution in [0.25, 0.3) is 0 Å². The summed E-state index contributed by atoms with van der Waals surface area (Å²) in [7, 11) is 1.84. The summed E-state index contributed by atoms with van der Waals surface area (Å²) in [5, 5.41) is 4.73. The summed E-state index contributed by atoms with van der Waals surface area (Å²) in [5.41, 5.74) is 5.82. The van der Waals surface area contributed by atoms with Gasteiger partial charge >= 0.3 is 0 Å². The fraction of sp³-hybridized carbons (Fsp3) is 0.250. The number of hydrogen-bond acceptors (Lipinski definition) is 3. The van der Waals surface area contributed by atoms with Crippen molar-refractivity contribution in [3.8, 4) is 0 Å². The largest absolute Gasteiger partial charge is 0.271 e. The van der Waals surface area contributed by atoms with E-state index in [2.05, 4.69) is 32.5 Å². The Hall–Kier alpha value is -0.880. The van der Waals surface area contributed by atoms with Gasteiger partial charge in [0, 0.05) is 11.5 Å². The second-order valence-electron chi connectivity index (χ2n) is 4.13. The van der Waals surface area contributed by atoms with Crippen molar-refractivity contribution in [1.29, 1.82) is 0 Å². The number of benzene rings is 1. The fourth-order valence-corrected chi connectivity index (χ4v) is 2.70. The zero-order valence-corrected chi connectivity index (χ0v) is 12.5. The van der Waals surface area contributed by atoms with Gasteiger partial charge in [0.25, 0.3) is 0 Å². The SMILES string of the molecule is Cc1ccc(Br)c(C(NN)c2c(Cl)cnn2C)c1. The molecule has 18 heavy (non-hydrogen) atoms. The van der Waals surface area contributed by atoms with Gasteiger partial charge in [-0.2, -0.15) is 5.10 Å². The number of aryl methyl sites for hydroxylation is 2. The number of nitrogens with two attached hydrogens (primary N) is 1. The van der Waals surface area contributed by atoms with Gasteiger partial charge in [0.2, 0.25) is 0 Å². The molecule has 2 rings (SSSR count). The molecule has 2 aromatic rings. The second-order valence-corrected chi connectivity index (χ2v) is 5.39. The van der Waals surface area contributed by atoms with Gasteiger partial charge in [-0.1, -0.05) is 45.2 Å². The van der Waals surface area contributed by atoms with Crippen LogP contribution in [0.5, 0.6) is 0 Å². The van der Waals surface area contributed by atoms with E-state index in [0.717, 1.165) is 21.3 Å². The van der Waals surface area contributed by atoms with Gasteiger partial charge in [-0.05, 0) is 18.6 Å². The maximum Gasteiger partial charge on any atom is 0.0904 e. The van der Waals surface area contributed by atoms with Crippen LogP contribution in [0, 0.1) is 6.92 Å². The number of nitrogens with zero attached hydrogens (tertiary/aromatic N) is 2. The Morgan fingerprint density at radius 3 is 2.78 bits per heavy atom. The summed E-state index contributed by atoms with van der Waals surface area (Å²) in [6.07, 6.45) is 1.62. The van der Waals surface area contributed by atoms with Gasteiger partial charge < -0.3 is 0 Å². The molecule has 0 aliphatic carbocycles. The van der Waals surface area contributed by atoms with Crippen molar-refractivity contribution in [2.24, 2.45) is 12.9 Å². The normalized spacial score (nSPS) is 12.7. The van der Waals surface area contributed by atoms with Crippen molar-refractivity contribution in [3.05, 3.63) is 50.7 Å². The Morgan fingerprint density at radius 1 is 1.50 bits per heavy atom. The standard InChI is InChI=1S/C12H14BrClN4/c1-7-3-4-9(13)8(5-7)11(17-15)12-10(14)6-16-18(12)2/h3-6,11,17H,15H2,1-2H3. The van der Waals surface area contributed by atoms with Crippen LogP contribution in [0.2, 0.25) is 5.02 Å². The van der Waals surface area contributed by atoms with E-state index in [4.69, 9.17) is 17.4 Å². The van der Waals surface area contributed by atoms with Crippen LogP contribution in [-0.4, -0.2) is 9.78 Å². The molecule has 0 aliphatic heterocycles. The lowest BCUT2D eigenvalue weighted by Gasteiger charge is -2.19. The van der Waals surface area contributed by atoms with Crippen molar-refractivity contribution in [1.82, 2.24) is 15.2 Å². The van der Waals surface area contributed by atoms with E-state index in [1.165, 1.54) is 0 Å². The molecule has 1 heterocycles. The average molecular weight is 330 g/mol. The first kappa shape index (κ1) is 13.5. The Bertz CT molecular complexity index is 548. The molecule has 1 aromatic heterocycles. The van der Waals surface area contributed by atoms with Crippen LogP contribution in [-0.2, 0) is 7.05 Å². The molecule has 0 radical (unpaired) electrons. The van der Waals surface area contributed by atoms with Crippen molar-refractivity contribution < 1.29 is 0 Å². The molecule has 4 nitrogen and oxygen atoms in total. The van der Waals surface area contributed by atoms with E-state index in [1.807, 2.05) is 26.1 Å². The highest BCUT2D eigenvalue weighted by molar-refractivity contribution is 9.10. The van der Waals surface area contributed by atoms with Gasteiger partial charge in [0.05, 0.1) is 23.0 Å². The smallest absolute Gasteiger partial charge is 0.0904 e.